The first kappa shape index (κ1) is 10.8. The minimum atomic E-state index is 0. The van der Waals surface area contributed by atoms with E-state index < -0.39 is 0 Å². The minimum Gasteiger partial charge on any atom is -0.315 e. The van der Waals surface area contributed by atoms with Crippen LogP contribution in [0.2, 0.25) is 0 Å². The van der Waals surface area contributed by atoms with Gasteiger partial charge in [-0.05, 0) is 13.3 Å². The summed E-state index contributed by atoms with van der Waals surface area (Å²) in [6.45, 7) is 4.38. The van der Waals surface area contributed by atoms with Crippen molar-refractivity contribution in [2.45, 2.75) is 13.3 Å². The van der Waals surface area contributed by atoms with Crippen molar-refractivity contribution in [3.63, 3.8) is 0 Å². The Bertz CT molecular complexity index is 206. The average molecular weight is 207 g/mol. The lowest BCUT2D eigenvalue weighted by Gasteiger charge is -2.27. The highest BCUT2D eigenvalue weighted by Gasteiger charge is 2.61. The van der Waals surface area contributed by atoms with Gasteiger partial charge < -0.3 is 5.32 Å². The molecule has 0 aromatic carbocycles. The van der Waals surface area contributed by atoms with Gasteiger partial charge in [-0.25, -0.2) is 5.48 Å². The van der Waals surface area contributed by atoms with Gasteiger partial charge in [0.05, 0.1) is 6.61 Å². The molecule has 2 N–H and O–H groups in total. The lowest BCUT2D eigenvalue weighted by atomic mass is 9.97. The second kappa shape index (κ2) is 3.82. The Morgan fingerprint density at radius 3 is 2.77 bits per heavy atom. The molecule has 1 heterocycles. The summed E-state index contributed by atoms with van der Waals surface area (Å²) in [6, 6.07) is 0. The van der Waals surface area contributed by atoms with Crippen LogP contribution in [-0.4, -0.2) is 25.6 Å². The molecular weight excluding hydrogens is 192 g/mol. The van der Waals surface area contributed by atoms with E-state index in [-0.39, 0.29) is 24.2 Å². The van der Waals surface area contributed by atoms with Gasteiger partial charge in [-0.15, -0.1) is 12.4 Å². The topological polar surface area (TPSA) is 50.4 Å². The lowest BCUT2D eigenvalue weighted by molar-refractivity contribution is -0.135. The predicted octanol–water partition coefficient (Wildman–Crippen LogP) is 0.0854. The number of rotatable bonds is 3. The molecule has 1 aliphatic carbocycles. The van der Waals surface area contributed by atoms with Crippen LogP contribution in [0.1, 0.15) is 13.3 Å². The molecule has 0 radical (unpaired) electrons. The monoisotopic (exact) mass is 206 g/mol. The second-order valence-electron chi connectivity index (χ2n) is 3.62. The standard InChI is InChI=1S/C8H14N2O2.ClH/c1-2-12-10-7(11)6-3-8(6)4-9-5-8;/h6,9H,2-5H2,1H3,(H,10,11);1H. The van der Waals surface area contributed by atoms with Gasteiger partial charge in [0, 0.05) is 24.4 Å². The number of nitrogens with one attached hydrogen (secondary N) is 2. The van der Waals surface area contributed by atoms with E-state index in [1.54, 1.807) is 0 Å². The number of hydrogen-bond donors (Lipinski definition) is 2. The van der Waals surface area contributed by atoms with Gasteiger partial charge >= 0.3 is 0 Å². The molecule has 2 aliphatic rings. The Kier molecular flexibility index (Phi) is 3.16. The lowest BCUT2D eigenvalue weighted by Crippen LogP contribution is -2.47. The van der Waals surface area contributed by atoms with Crippen molar-refractivity contribution >= 4 is 18.3 Å². The zero-order valence-corrected chi connectivity index (χ0v) is 8.45. The van der Waals surface area contributed by atoms with Gasteiger partial charge in [0.15, 0.2) is 0 Å². The first-order chi connectivity index (χ1) is 5.78. The minimum absolute atomic E-state index is 0. The fourth-order valence-corrected chi connectivity index (χ4v) is 1.77. The van der Waals surface area contributed by atoms with Crippen molar-refractivity contribution in [1.82, 2.24) is 10.8 Å². The smallest absolute Gasteiger partial charge is 0.247 e. The molecule has 1 amide bonds. The zero-order valence-electron chi connectivity index (χ0n) is 7.63. The predicted molar refractivity (Wildman–Crippen MR) is 50.4 cm³/mol. The summed E-state index contributed by atoms with van der Waals surface area (Å²) in [5.74, 6) is 0.253. The van der Waals surface area contributed by atoms with Gasteiger partial charge in [-0.2, -0.15) is 0 Å². The first-order valence-electron chi connectivity index (χ1n) is 4.41. The largest absolute Gasteiger partial charge is 0.315 e. The number of carbonyl (C=O) groups excluding carboxylic acids is 1. The number of carbonyl (C=O) groups is 1. The highest BCUT2D eigenvalue weighted by Crippen LogP contribution is 2.55. The van der Waals surface area contributed by atoms with Crippen molar-refractivity contribution in [1.29, 1.82) is 0 Å². The van der Waals surface area contributed by atoms with E-state index in [4.69, 9.17) is 4.84 Å². The molecule has 1 spiro atoms. The quantitative estimate of drug-likeness (QED) is 0.644. The third-order valence-electron chi connectivity index (χ3n) is 2.78. The Hall–Kier alpha value is -0.320. The van der Waals surface area contributed by atoms with E-state index >= 15 is 0 Å². The van der Waals surface area contributed by atoms with E-state index in [1.807, 2.05) is 6.92 Å². The van der Waals surface area contributed by atoms with Crippen molar-refractivity contribution in [2.75, 3.05) is 19.7 Å². The molecule has 1 saturated heterocycles. The van der Waals surface area contributed by atoms with Crippen LogP contribution in [-0.2, 0) is 9.63 Å². The number of halogens is 1. The third-order valence-corrected chi connectivity index (χ3v) is 2.78. The van der Waals surface area contributed by atoms with Crippen LogP contribution in [0, 0.1) is 11.3 Å². The summed E-state index contributed by atoms with van der Waals surface area (Å²) in [7, 11) is 0. The van der Waals surface area contributed by atoms with E-state index in [2.05, 4.69) is 10.8 Å². The summed E-state index contributed by atoms with van der Waals surface area (Å²) in [5, 5.41) is 3.18. The van der Waals surface area contributed by atoms with Crippen LogP contribution in [0.5, 0.6) is 0 Å². The molecule has 4 nitrogen and oxygen atoms in total. The average Bonchev–Trinajstić information content (AvgIpc) is 2.73. The summed E-state index contributed by atoms with van der Waals surface area (Å²) >= 11 is 0. The molecule has 2 fully saturated rings. The van der Waals surface area contributed by atoms with Gasteiger partial charge in [-0.1, -0.05) is 0 Å². The molecule has 0 aromatic heterocycles. The maximum Gasteiger partial charge on any atom is 0.247 e. The summed E-state index contributed by atoms with van der Waals surface area (Å²) in [4.78, 5) is 16.1. The van der Waals surface area contributed by atoms with Gasteiger partial charge in [0.25, 0.3) is 0 Å². The highest BCUT2D eigenvalue weighted by atomic mass is 35.5. The molecule has 2 rings (SSSR count). The number of hydroxylamine groups is 1. The second-order valence-corrected chi connectivity index (χ2v) is 3.62. The fourth-order valence-electron chi connectivity index (χ4n) is 1.77. The van der Waals surface area contributed by atoms with Crippen molar-refractivity contribution in [3.8, 4) is 0 Å². The normalized spacial score (nSPS) is 27.3. The molecule has 76 valence electrons. The van der Waals surface area contributed by atoms with Crippen LogP contribution >= 0.6 is 12.4 Å². The van der Waals surface area contributed by atoms with Crippen LogP contribution in [0.15, 0.2) is 0 Å². The SMILES string of the molecule is CCONC(=O)C1CC12CNC2.Cl. The molecule has 1 aliphatic heterocycles. The fraction of sp³-hybridized carbons (Fsp3) is 0.875. The number of amides is 1. The molecular formula is C8H15ClN2O2. The van der Waals surface area contributed by atoms with Gasteiger partial charge in [0.1, 0.15) is 0 Å². The highest BCUT2D eigenvalue weighted by molar-refractivity contribution is 5.85. The molecule has 0 bridgehead atoms. The Labute approximate surface area is 83.8 Å². The van der Waals surface area contributed by atoms with Crippen molar-refractivity contribution in [3.05, 3.63) is 0 Å². The van der Waals surface area contributed by atoms with Crippen LogP contribution < -0.4 is 10.8 Å². The molecule has 5 heteroatoms. The van der Waals surface area contributed by atoms with Crippen LogP contribution in [0.4, 0.5) is 0 Å². The van der Waals surface area contributed by atoms with E-state index in [0.717, 1.165) is 19.5 Å². The third kappa shape index (κ3) is 1.80. The zero-order chi connectivity index (χ0) is 8.60. The van der Waals surface area contributed by atoms with Gasteiger partial charge in [0.2, 0.25) is 5.91 Å². The van der Waals surface area contributed by atoms with E-state index in [0.29, 0.717) is 12.0 Å². The molecule has 1 saturated carbocycles. The Morgan fingerprint density at radius 2 is 2.38 bits per heavy atom. The van der Waals surface area contributed by atoms with Crippen LogP contribution in [0.3, 0.4) is 0 Å². The van der Waals surface area contributed by atoms with Crippen molar-refractivity contribution < 1.29 is 9.63 Å². The molecule has 1 atom stereocenters. The maximum atomic E-state index is 11.3. The van der Waals surface area contributed by atoms with Gasteiger partial charge in [-0.3, -0.25) is 9.63 Å². The van der Waals surface area contributed by atoms with Crippen molar-refractivity contribution in [2.24, 2.45) is 11.3 Å². The van der Waals surface area contributed by atoms with E-state index in [1.165, 1.54) is 0 Å². The summed E-state index contributed by atoms with van der Waals surface area (Å²) < 4.78 is 0. The Balaban J connectivity index is 0.000000845. The van der Waals surface area contributed by atoms with E-state index in [9.17, 15) is 4.79 Å². The number of hydrogen-bond acceptors (Lipinski definition) is 3. The summed E-state index contributed by atoms with van der Waals surface area (Å²) in [6.07, 6.45) is 1.03. The van der Waals surface area contributed by atoms with Crippen LogP contribution in [0.25, 0.3) is 0 Å². The Morgan fingerprint density at radius 1 is 1.69 bits per heavy atom. The molecule has 1 unspecified atom stereocenters. The molecule has 13 heavy (non-hydrogen) atoms. The summed E-state index contributed by atoms with van der Waals surface area (Å²) in [5.41, 5.74) is 2.76. The first-order valence-corrected chi connectivity index (χ1v) is 4.41. The molecule has 0 aromatic rings. The maximum absolute atomic E-state index is 11.3.